The minimum absolute atomic E-state index is 0.0709. The molecule has 7 heteroatoms. The van der Waals surface area contributed by atoms with Gasteiger partial charge in [0.1, 0.15) is 5.60 Å². The third-order valence-electron chi connectivity index (χ3n) is 3.21. The maximum absolute atomic E-state index is 12.1. The molecule has 2 rings (SSSR count). The van der Waals surface area contributed by atoms with Crippen LogP contribution in [-0.4, -0.2) is 47.7 Å². The molecule has 0 radical (unpaired) electrons. The highest BCUT2D eigenvalue weighted by Gasteiger charge is 2.26. The molecule has 1 aromatic rings. The number of esters is 1. The van der Waals surface area contributed by atoms with Crippen molar-refractivity contribution in [3.05, 3.63) is 29.6 Å². The Morgan fingerprint density at radius 3 is 2.61 bits per heavy atom. The van der Waals surface area contributed by atoms with Gasteiger partial charge in [-0.3, -0.25) is 0 Å². The van der Waals surface area contributed by atoms with Gasteiger partial charge in [0.25, 0.3) is 0 Å². The number of methoxy groups -OCH3 is 1. The van der Waals surface area contributed by atoms with E-state index in [2.05, 4.69) is 9.72 Å². The van der Waals surface area contributed by atoms with Crippen molar-refractivity contribution in [2.75, 3.05) is 25.9 Å². The average molecular weight is 319 g/mol. The first-order valence-corrected chi connectivity index (χ1v) is 7.23. The summed E-state index contributed by atoms with van der Waals surface area (Å²) >= 11 is 0. The number of nitrogen functional groups attached to an aromatic ring is 1. The quantitative estimate of drug-likeness (QED) is 0.839. The van der Waals surface area contributed by atoms with Crippen molar-refractivity contribution in [1.29, 1.82) is 0 Å². The van der Waals surface area contributed by atoms with Gasteiger partial charge >= 0.3 is 12.1 Å². The number of carbonyl (C=O) groups excluding carboxylic acids is 2. The number of hydrogen-bond donors (Lipinski definition) is 1. The third-order valence-corrected chi connectivity index (χ3v) is 3.21. The minimum Gasteiger partial charge on any atom is -0.464 e. The zero-order chi connectivity index (χ0) is 17.2. The number of rotatable bonds is 2. The smallest absolute Gasteiger partial charge is 0.410 e. The lowest BCUT2D eigenvalue weighted by Gasteiger charge is -2.24. The van der Waals surface area contributed by atoms with Crippen LogP contribution in [-0.2, 0) is 9.47 Å². The number of nitrogens with two attached hydrogens (primary N) is 1. The van der Waals surface area contributed by atoms with E-state index in [1.165, 1.54) is 7.11 Å². The molecule has 1 aliphatic rings. The predicted octanol–water partition coefficient (Wildman–Crippen LogP) is 2.08. The largest absolute Gasteiger partial charge is 0.464 e. The lowest BCUT2D eigenvalue weighted by Crippen LogP contribution is -2.35. The van der Waals surface area contributed by atoms with Gasteiger partial charge in [0.15, 0.2) is 5.69 Å². The minimum atomic E-state index is -0.591. The summed E-state index contributed by atoms with van der Waals surface area (Å²) in [4.78, 5) is 29.5. The summed E-state index contributed by atoms with van der Waals surface area (Å²) in [5, 5.41) is 0. The Hall–Kier alpha value is -2.57. The van der Waals surface area contributed by atoms with Crippen molar-refractivity contribution in [2.45, 2.75) is 26.4 Å². The molecule has 0 aliphatic carbocycles. The van der Waals surface area contributed by atoms with E-state index in [-0.39, 0.29) is 17.5 Å². The van der Waals surface area contributed by atoms with Gasteiger partial charge in [-0.2, -0.15) is 0 Å². The molecule has 0 fully saturated rings. The molecule has 1 aromatic heterocycles. The van der Waals surface area contributed by atoms with Crippen LogP contribution in [0.25, 0.3) is 5.57 Å². The normalized spacial score (nSPS) is 14.4. The maximum atomic E-state index is 12.1. The summed E-state index contributed by atoms with van der Waals surface area (Å²) in [5.74, 6) is -0.591. The van der Waals surface area contributed by atoms with Crippen LogP contribution in [0.5, 0.6) is 0 Å². The fourth-order valence-electron chi connectivity index (χ4n) is 2.12. The molecule has 0 aromatic carbocycles. The van der Waals surface area contributed by atoms with Crippen molar-refractivity contribution >= 4 is 23.3 Å². The van der Waals surface area contributed by atoms with Gasteiger partial charge in [-0.25, -0.2) is 14.6 Å². The van der Waals surface area contributed by atoms with Gasteiger partial charge in [0.2, 0.25) is 0 Å². The first-order valence-electron chi connectivity index (χ1n) is 7.23. The number of pyridine rings is 1. The highest BCUT2D eigenvalue weighted by Crippen LogP contribution is 2.23. The monoisotopic (exact) mass is 319 g/mol. The summed E-state index contributed by atoms with van der Waals surface area (Å²) in [7, 11) is 1.27. The summed E-state index contributed by atoms with van der Waals surface area (Å²) in [6.45, 7) is 6.26. The number of carbonyl (C=O) groups is 2. The SMILES string of the molecule is COC(=O)c1nc(C2=CCN(C(=O)OC(C)(C)C)C2)ccc1N. The zero-order valence-corrected chi connectivity index (χ0v) is 13.8. The van der Waals surface area contributed by atoms with Crippen LogP contribution in [0, 0.1) is 0 Å². The Bertz CT molecular complexity index is 662. The maximum Gasteiger partial charge on any atom is 0.410 e. The molecule has 0 spiro atoms. The van der Waals surface area contributed by atoms with E-state index in [9.17, 15) is 9.59 Å². The zero-order valence-electron chi connectivity index (χ0n) is 13.8. The van der Waals surface area contributed by atoms with Gasteiger partial charge in [-0.15, -0.1) is 0 Å². The summed E-state index contributed by atoms with van der Waals surface area (Å²) in [5.41, 5.74) is 6.94. The molecule has 2 heterocycles. The molecule has 0 saturated carbocycles. The van der Waals surface area contributed by atoms with Crippen LogP contribution in [0.3, 0.4) is 0 Å². The Labute approximate surface area is 135 Å². The molecule has 1 aliphatic heterocycles. The predicted molar refractivity (Wildman–Crippen MR) is 85.8 cm³/mol. The number of anilines is 1. The van der Waals surface area contributed by atoms with Gasteiger partial charge in [0, 0.05) is 6.54 Å². The van der Waals surface area contributed by atoms with Crippen LogP contribution in [0.1, 0.15) is 37.0 Å². The molecule has 0 saturated heterocycles. The average Bonchev–Trinajstić information content (AvgIpc) is 2.95. The van der Waals surface area contributed by atoms with Crippen LogP contribution in [0.15, 0.2) is 18.2 Å². The second-order valence-corrected chi connectivity index (χ2v) is 6.22. The summed E-state index contributed by atoms with van der Waals surface area (Å²) in [6, 6.07) is 3.32. The number of nitrogens with zero attached hydrogens (tertiary/aromatic N) is 2. The Kier molecular flexibility index (Phi) is 4.58. The number of aromatic nitrogens is 1. The van der Waals surface area contributed by atoms with Gasteiger partial charge < -0.3 is 20.1 Å². The first kappa shape index (κ1) is 16.8. The molecular weight excluding hydrogens is 298 g/mol. The Balaban J connectivity index is 2.13. The molecule has 2 N–H and O–H groups in total. The molecule has 7 nitrogen and oxygen atoms in total. The van der Waals surface area contributed by atoms with Gasteiger partial charge in [0.05, 0.1) is 25.0 Å². The molecular formula is C16H21N3O4. The molecule has 124 valence electrons. The second-order valence-electron chi connectivity index (χ2n) is 6.22. The van der Waals surface area contributed by atoms with Crippen molar-refractivity contribution < 1.29 is 19.1 Å². The Morgan fingerprint density at radius 2 is 2.00 bits per heavy atom. The van der Waals surface area contributed by atoms with Gasteiger partial charge in [-0.1, -0.05) is 6.08 Å². The highest BCUT2D eigenvalue weighted by molar-refractivity contribution is 5.93. The fourth-order valence-corrected chi connectivity index (χ4v) is 2.12. The second kappa shape index (κ2) is 6.28. The number of amides is 1. The molecule has 23 heavy (non-hydrogen) atoms. The van der Waals surface area contributed by atoms with Crippen LogP contribution in [0.4, 0.5) is 10.5 Å². The standard InChI is InChI=1S/C16H21N3O4/c1-16(2,3)23-15(21)19-8-7-10(9-19)12-6-5-11(17)13(18-12)14(20)22-4/h5-7H,8-9,17H2,1-4H3. The van der Waals surface area contributed by atoms with E-state index in [0.717, 1.165) is 5.57 Å². The van der Waals surface area contributed by atoms with E-state index >= 15 is 0 Å². The third kappa shape index (κ3) is 4.00. The lowest BCUT2D eigenvalue weighted by molar-refractivity contribution is 0.0306. The van der Waals surface area contributed by atoms with Gasteiger partial charge in [-0.05, 0) is 38.5 Å². The highest BCUT2D eigenvalue weighted by atomic mass is 16.6. The van der Waals surface area contributed by atoms with E-state index in [0.29, 0.717) is 18.8 Å². The summed E-state index contributed by atoms with van der Waals surface area (Å²) in [6.07, 6.45) is 1.50. The van der Waals surface area contributed by atoms with E-state index in [1.807, 2.05) is 26.8 Å². The summed E-state index contributed by atoms with van der Waals surface area (Å²) < 4.78 is 10.0. The van der Waals surface area contributed by atoms with Crippen molar-refractivity contribution in [2.24, 2.45) is 0 Å². The molecule has 0 bridgehead atoms. The van der Waals surface area contributed by atoms with E-state index in [1.54, 1.807) is 17.0 Å². The van der Waals surface area contributed by atoms with E-state index in [4.69, 9.17) is 10.5 Å². The van der Waals surface area contributed by atoms with Crippen molar-refractivity contribution in [3.8, 4) is 0 Å². The van der Waals surface area contributed by atoms with Crippen LogP contribution >= 0.6 is 0 Å². The lowest BCUT2D eigenvalue weighted by atomic mass is 10.1. The number of ether oxygens (including phenoxy) is 2. The first-order chi connectivity index (χ1) is 10.7. The molecule has 0 atom stereocenters. The topological polar surface area (TPSA) is 94.8 Å². The molecule has 1 amide bonds. The van der Waals surface area contributed by atoms with Crippen LogP contribution in [0.2, 0.25) is 0 Å². The van der Waals surface area contributed by atoms with Crippen LogP contribution < -0.4 is 5.73 Å². The fraction of sp³-hybridized carbons (Fsp3) is 0.438. The number of hydrogen-bond acceptors (Lipinski definition) is 6. The van der Waals surface area contributed by atoms with Crippen molar-refractivity contribution in [1.82, 2.24) is 9.88 Å². The van der Waals surface area contributed by atoms with E-state index < -0.39 is 11.6 Å². The Morgan fingerprint density at radius 1 is 1.30 bits per heavy atom. The van der Waals surface area contributed by atoms with Crippen molar-refractivity contribution in [3.63, 3.8) is 0 Å². The molecule has 0 unspecified atom stereocenters.